The summed E-state index contributed by atoms with van der Waals surface area (Å²) in [6.45, 7) is 2.14. The van der Waals surface area contributed by atoms with E-state index >= 15 is 0 Å². The molecule has 1 saturated carbocycles. The van der Waals surface area contributed by atoms with E-state index in [0.717, 1.165) is 31.2 Å². The summed E-state index contributed by atoms with van der Waals surface area (Å²) in [4.78, 5) is 48.8. The van der Waals surface area contributed by atoms with Gasteiger partial charge in [0.05, 0.1) is 20.0 Å². The Bertz CT molecular complexity index is 967. The molecule has 158 valence electrons. The second-order valence-electron chi connectivity index (χ2n) is 8.04. The molecule has 2 aromatic heterocycles. The third-order valence-electron chi connectivity index (χ3n) is 5.98. The number of carbonyl (C=O) groups excluding carboxylic acids is 3. The van der Waals surface area contributed by atoms with Gasteiger partial charge in [-0.25, -0.2) is 9.78 Å². The predicted molar refractivity (Wildman–Crippen MR) is 106 cm³/mol. The maximum absolute atomic E-state index is 13.5. The molecule has 9 heteroatoms. The second-order valence-corrected chi connectivity index (χ2v) is 8.04. The molecule has 0 bridgehead atoms. The number of fused-ring (bicyclic) bond motifs is 1. The highest BCUT2D eigenvalue weighted by Gasteiger charge is 2.49. The van der Waals surface area contributed by atoms with Crippen LogP contribution in [0.5, 0.6) is 0 Å². The summed E-state index contributed by atoms with van der Waals surface area (Å²) < 4.78 is 6.35. The lowest BCUT2D eigenvalue weighted by atomic mass is 9.93. The molecule has 1 atom stereocenters. The minimum atomic E-state index is -1.14. The Balaban J connectivity index is 1.72. The van der Waals surface area contributed by atoms with Gasteiger partial charge >= 0.3 is 5.97 Å². The molecule has 0 saturated heterocycles. The summed E-state index contributed by atoms with van der Waals surface area (Å²) in [6.07, 6.45) is 8.81. The molecule has 2 amide bonds. The zero-order valence-corrected chi connectivity index (χ0v) is 17.1. The summed E-state index contributed by atoms with van der Waals surface area (Å²) in [5.74, 6) is -1.32. The molecule has 3 heterocycles. The number of aromatic nitrogens is 3. The first-order chi connectivity index (χ1) is 14.4. The summed E-state index contributed by atoms with van der Waals surface area (Å²) >= 11 is 0. The molecular formula is C21H25N5O4. The second kappa shape index (κ2) is 7.89. The molecule has 4 rings (SSSR count). The van der Waals surface area contributed by atoms with E-state index in [0.29, 0.717) is 0 Å². The van der Waals surface area contributed by atoms with E-state index in [1.165, 1.54) is 18.3 Å². The van der Waals surface area contributed by atoms with Gasteiger partial charge in [-0.1, -0.05) is 18.9 Å². The number of carbonyl (C=O) groups is 3. The normalized spacial score (nSPS) is 21.4. The topological polar surface area (TPSA) is 106 Å². The molecule has 0 aromatic carbocycles. The number of methoxy groups -OCH3 is 1. The molecule has 1 fully saturated rings. The van der Waals surface area contributed by atoms with Gasteiger partial charge < -0.3 is 19.5 Å². The molecule has 1 aliphatic carbocycles. The van der Waals surface area contributed by atoms with Crippen LogP contribution in [0.15, 0.2) is 30.9 Å². The van der Waals surface area contributed by atoms with Crippen LogP contribution < -0.4 is 5.32 Å². The van der Waals surface area contributed by atoms with Gasteiger partial charge in [-0.15, -0.1) is 0 Å². The molecule has 2 aliphatic rings. The van der Waals surface area contributed by atoms with Crippen molar-refractivity contribution in [3.05, 3.63) is 47.8 Å². The average Bonchev–Trinajstić information content (AvgIpc) is 3.41. The number of rotatable bonds is 5. The standard InChI is InChI=1S/C21H25N5O4/c1-21(20(29)24-15-7-3-4-8-15)12-25-13-23-16(19(28)30-2)17(25)18(27)26(21)11-14-6-5-9-22-10-14/h5-6,9-10,13,15H,3-4,7-8,11-12H2,1-2H3,(H,24,29). The Morgan fingerprint density at radius 1 is 1.33 bits per heavy atom. The van der Waals surface area contributed by atoms with E-state index in [-0.39, 0.29) is 36.4 Å². The van der Waals surface area contributed by atoms with E-state index in [9.17, 15) is 14.4 Å². The minimum Gasteiger partial charge on any atom is -0.464 e. The summed E-state index contributed by atoms with van der Waals surface area (Å²) in [7, 11) is 1.24. The number of esters is 1. The fourth-order valence-corrected chi connectivity index (χ4v) is 4.27. The summed E-state index contributed by atoms with van der Waals surface area (Å²) in [5, 5.41) is 3.12. The van der Waals surface area contributed by atoms with Crippen molar-refractivity contribution in [2.75, 3.05) is 7.11 Å². The lowest BCUT2D eigenvalue weighted by Gasteiger charge is -2.44. The van der Waals surface area contributed by atoms with Crippen molar-refractivity contribution < 1.29 is 19.1 Å². The number of pyridine rings is 1. The summed E-state index contributed by atoms with van der Waals surface area (Å²) in [5.41, 5.74) is -0.261. The van der Waals surface area contributed by atoms with Crippen LogP contribution in [0.25, 0.3) is 0 Å². The lowest BCUT2D eigenvalue weighted by Crippen LogP contribution is -2.64. The summed E-state index contributed by atoms with van der Waals surface area (Å²) in [6, 6.07) is 3.76. The molecule has 30 heavy (non-hydrogen) atoms. The first-order valence-electron chi connectivity index (χ1n) is 10.1. The van der Waals surface area contributed by atoms with Crippen LogP contribution in [-0.4, -0.2) is 55.9 Å². The maximum Gasteiger partial charge on any atom is 0.359 e. The largest absolute Gasteiger partial charge is 0.464 e. The number of hydrogen-bond acceptors (Lipinski definition) is 6. The van der Waals surface area contributed by atoms with Gasteiger partial charge in [0.25, 0.3) is 5.91 Å². The van der Waals surface area contributed by atoms with Crippen LogP contribution >= 0.6 is 0 Å². The number of nitrogens with zero attached hydrogens (tertiary/aromatic N) is 4. The van der Waals surface area contributed by atoms with Crippen LogP contribution in [0.1, 0.15) is 59.1 Å². The van der Waals surface area contributed by atoms with Gasteiger partial charge in [0.1, 0.15) is 11.2 Å². The zero-order chi connectivity index (χ0) is 21.3. The quantitative estimate of drug-likeness (QED) is 0.748. The smallest absolute Gasteiger partial charge is 0.359 e. The number of imidazole rings is 1. The van der Waals surface area contributed by atoms with Crippen LogP contribution in [0, 0.1) is 0 Å². The Morgan fingerprint density at radius 3 is 2.77 bits per heavy atom. The van der Waals surface area contributed by atoms with Crippen LogP contribution in [0.4, 0.5) is 0 Å². The molecule has 0 spiro atoms. The molecule has 1 aliphatic heterocycles. The molecule has 0 radical (unpaired) electrons. The van der Waals surface area contributed by atoms with Crippen LogP contribution in [0.2, 0.25) is 0 Å². The average molecular weight is 411 g/mol. The van der Waals surface area contributed by atoms with Gasteiger partial charge in [0, 0.05) is 25.0 Å². The number of ether oxygens (including phenoxy) is 1. The van der Waals surface area contributed by atoms with E-state index < -0.39 is 17.4 Å². The Labute approximate surface area is 174 Å². The molecular weight excluding hydrogens is 386 g/mol. The lowest BCUT2D eigenvalue weighted by molar-refractivity contribution is -0.134. The van der Waals surface area contributed by atoms with Crippen molar-refractivity contribution in [2.45, 2.75) is 57.3 Å². The van der Waals surface area contributed by atoms with Crippen molar-refractivity contribution in [2.24, 2.45) is 0 Å². The highest BCUT2D eigenvalue weighted by molar-refractivity contribution is 6.06. The highest BCUT2D eigenvalue weighted by Crippen LogP contribution is 2.31. The van der Waals surface area contributed by atoms with E-state index in [4.69, 9.17) is 4.74 Å². The van der Waals surface area contributed by atoms with Crippen molar-refractivity contribution >= 4 is 17.8 Å². The minimum absolute atomic E-state index is 0.0445. The number of hydrogen-bond donors (Lipinski definition) is 1. The van der Waals surface area contributed by atoms with Gasteiger partial charge in [0.15, 0.2) is 5.69 Å². The van der Waals surface area contributed by atoms with Crippen molar-refractivity contribution in [3.63, 3.8) is 0 Å². The Morgan fingerprint density at radius 2 is 2.10 bits per heavy atom. The third-order valence-corrected chi connectivity index (χ3v) is 5.98. The van der Waals surface area contributed by atoms with Gasteiger partial charge in [-0.3, -0.25) is 14.6 Å². The monoisotopic (exact) mass is 411 g/mol. The zero-order valence-electron chi connectivity index (χ0n) is 17.1. The predicted octanol–water partition coefficient (Wildman–Crippen LogP) is 1.54. The number of amides is 2. The third kappa shape index (κ3) is 3.44. The molecule has 2 aromatic rings. The van der Waals surface area contributed by atoms with E-state index in [2.05, 4.69) is 15.3 Å². The fraction of sp³-hybridized carbons (Fsp3) is 0.476. The van der Waals surface area contributed by atoms with Crippen molar-refractivity contribution in [3.8, 4) is 0 Å². The maximum atomic E-state index is 13.5. The SMILES string of the molecule is COC(=O)c1ncn2c1C(=O)N(Cc1cccnc1)C(C)(C(=O)NC1CCCC1)C2. The molecule has 9 nitrogen and oxygen atoms in total. The molecule has 1 unspecified atom stereocenters. The van der Waals surface area contributed by atoms with Gasteiger partial charge in [-0.05, 0) is 31.4 Å². The fourth-order valence-electron chi connectivity index (χ4n) is 4.27. The molecule has 1 N–H and O–H groups in total. The Kier molecular flexibility index (Phi) is 5.27. The van der Waals surface area contributed by atoms with Gasteiger partial charge in [-0.2, -0.15) is 0 Å². The van der Waals surface area contributed by atoms with E-state index in [1.54, 1.807) is 30.0 Å². The Hall–Kier alpha value is -3.23. The van der Waals surface area contributed by atoms with Crippen molar-refractivity contribution in [1.29, 1.82) is 0 Å². The van der Waals surface area contributed by atoms with Gasteiger partial charge in [0.2, 0.25) is 5.91 Å². The first-order valence-corrected chi connectivity index (χ1v) is 10.1. The first kappa shape index (κ1) is 20.1. The van der Waals surface area contributed by atoms with E-state index in [1.807, 2.05) is 6.07 Å². The van der Waals surface area contributed by atoms with Crippen molar-refractivity contribution in [1.82, 2.24) is 24.8 Å². The van der Waals surface area contributed by atoms with Crippen LogP contribution in [-0.2, 0) is 22.6 Å². The highest BCUT2D eigenvalue weighted by atomic mass is 16.5. The van der Waals surface area contributed by atoms with Crippen LogP contribution in [0.3, 0.4) is 0 Å². The number of nitrogens with one attached hydrogen (secondary N) is 1.